The lowest BCUT2D eigenvalue weighted by molar-refractivity contribution is -0.163. The van der Waals surface area contributed by atoms with Crippen LogP contribution in [-0.2, 0) is 4.74 Å². The van der Waals surface area contributed by atoms with Crippen LogP contribution < -0.4 is 4.74 Å². The van der Waals surface area contributed by atoms with Crippen molar-refractivity contribution in [3.8, 4) is 5.75 Å². The van der Waals surface area contributed by atoms with Crippen LogP contribution in [0.4, 0.5) is 17.6 Å². The molecule has 0 heterocycles. The fraction of sp³-hybridized carbons (Fsp3) is 0.500. The number of benzene rings is 1. The number of halogens is 4. The Morgan fingerprint density at radius 3 is 2.52 bits per heavy atom. The van der Waals surface area contributed by atoms with Crippen LogP contribution in [0.1, 0.15) is 24.2 Å². The third-order valence-corrected chi connectivity index (χ3v) is 2.37. The van der Waals surface area contributed by atoms with Gasteiger partial charge in [0.2, 0.25) is 0 Å². The van der Waals surface area contributed by atoms with Crippen LogP contribution in [0.2, 0.25) is 0 Å². The largest absolute Gasteiger partial charge is 0.491 e. The van der Waals surface area contributed by atoms with E-state index >= 15 is 0 Å². The maximum Gasteiger partial charge on any atom is 0.330 e. The number of Topliss-reactive ketones (excluding diaryl/α,β-unsaturated/α-hetero) is 1. The van der Waals surface area contributed by atoms with Crippen LogP contribution in [0.5, 0.6) is 5.75 Å². The van der Waals surface area contributed by atoms with Crippen molar-refractivity contribution in [1.29, 1.82) is 0 Å². The highest BCUT2D eigenvalue weighted by Crippen LogP contribution is 2.23. The normalized spacial score (nSPS) is 12.0. The first kappa shape index (κ1) is 17.4. The molecule has 7 heteroatoms. The van der Waals surface area contributed by atoms with Gasteiger partial charge in [-0.2, -0.15) is 8.78 Å². The minimum atomic E-state index is -4.26. The lowest BCUT2D eigenvalue weighted by Crippen LogP contribution is -2.33. The Balaban J connectivity index is 2.56. The average molecular weight is 308 g/mol. The number of hydrogen-bond acceptors (Lipinski definition) is 3. The summed E-state index contributed by atoms with van der Waals surface area (Å²) in [5.74, 6) is -4.40. The Kier molecular flexibility index (Phi) is 6.14. The van der Waals surface area contributed by atoms with Crippen molar-refractivity contribution < 1.29 is 31.8 Å². The predicted octanol–water partition coefficient (Wildman–Crippen LogP) is 3.57. The minimum absolute atomic E-state index is 0.0867. The van der Waals surface area contributed by atoms with E-state index in [4.69, 9.17) is 4.74 Å². The molecule has 0 saturated carbocycles. The molecule has 0 saturated heterocycles. The van der Waals surface area contributed by atoms with E-state index < -0.39 is 31.3 Å². The van der Waals surface area contributed by atoms with E-state index in [0.29, 0.717) is 5.75 Å². The second-order valence-electron chi connectivity index (χ2n) is 4.67. The van der Waals surface area contributed by atoms with E-state index in [-0.39, 0.29) is 11.7 Å². The van der Waals surface area contributed by atoms with E-state index in [0.717, 1.165) is 0 Å². The summed E-state index contributed by atoms with van der Waals surface area (Å²) in [7, 11) is 0. The first-order valence-electron chi connectivity index (χ1n) is 6.26. The van der Waals surface area contributed by atoms with Crippen LogP contribution in [0.15, 0.2) is 24.3 Å². The number of hydrogen-bond donors (Lipinski definition) is 0. The average Bonchev–Trinajstić information content (AvgIpc) is 2.37. The minimum Gasteiger partial charge on any atom is -0.491 e. The molecule has 0 aliphatic carbocycles. The Morgan fingerprint density at radius 2 is 1.95 bits per heavy atom. The molecule has 21 heavy (non-hydrogen) atoms. The monoisotopic (exact) mass is 308 g/mol. The summed E-state index contributed by atoms with van der Waals surface area (Å²) in [6.07, 6.45) is -3.91. The smallest absolute Gasteiger partial charge is 0.330 e. The van der Waals surface area contributed by atoms with Gasteiger partial charge in [0, 0.05) is 5.56 Å². The van der Waals surface area contributed by atoms with Gasteiger partial charge in [-0.05, 0) is 26.0 Å². The molecule has 118 valence electrons. The summed E-state index contributed by atoms with van der Waals surface area (Å²) in [5, 5.41) is 0. The van der Waals surface area contributed by atoms with Gasteiger partial charge in [0.25, 0.3) is 0 Å². The summed E-state index contributed by atoms with van der Waals surface area (Å²) in [4.78, 5) is 11.7. The number of carbonyl (C=O) groups excluding carboxylic acids is 1. The topological polar surface area (TPSA) is 35.5 Å². The summed E-state index contributed by atoms with van der Waals surface area (Å²) < 4.78 is 58.8. The molecule has 0 unspecified atom stereocenters. The van der Waals surface area contributed by atoms with Crippen LogP contribution in [-0.4, -0.2) is 37.4 Å². The molecule has 0 radical (unpaired) electrons. The van der Waals surface area contributed by atoms with Crippen molar-refractivity contribution in [2.45, 2.75) is 32.3 Å². The highest BCUT2D eigenvalue weighted by atomic mass is 19.3. The first-order valence-corrected chi connectivity index (χ1v) is 6.26. The highest BCUT2D eigenvalue weighted by Gasteiger charge is 2.41. The van der Waals surface area contributed by atoms with Crippen LogP contribution in [0.3, 0.4) is 0 Å². The van der Waals surface area contributed by atoms with Crippen molar-refractivity contribution in [3.05, 3.63) is 29.8 Å². The van der Waals surface area contributed by atoms with Gasteiger partial charge in [0.15, 0.2) is 5.78 Å². The molecule has 0 atom stereocenters. The molecule has 0 amide bonds. The number of alkyl halides is 4. The molecule has 0 bridgehead atoms. The Labute approximate surface area is 119 Å². The van der Waals surface area contributed by atoms with Crippen molar-refractivity contribution >= 4 is 5.78 Å². The Hall–Kier alpha value is -1.63. The van der Waals surface area contributed by atoms with Crippen molar-refractivity contribution in [3.63, 3.8) is 0 Å². The van der Waals surface area contributed by atoms with Gasteiger partial charge in [-0.15, -0.1) is 0 Å². The lowest BCUT2D eigenvalue weighted by Gasteiger charge is -2.15. The quantitative estimate of drug-likeness (QED) is 0.544. The van der Waals surface area contributed by atoms with E-state index in [1.54, 1.807) is 12.1 Å². The van der Waals surface area contributed by atoms with Gasteiger partial charge in [-0.3, -0.25) is 4.79 Å². The number of ether oxygens (including phenoxy) is 2. The SMILES string of the molecule is CC(C)Oc1cccc(C(=O)COCC(F)(F)C(F)F)c1. The zero-order chi connectivity index (χ0) is 16.0. The Bertz CT molecular complexity index is 475. The van der Waals surface area contributed by atoms with Crippen molar-refractivity contribution in [2.24, 2.45) is 0 Å². The molecule has 1 rings (SSSR count). The maximum absolute atomic E-state index is 12.6. The van der Waals surface area contributed by atoms with Crippen LogP contribution in [0.25, 0.3) is 0 Å². The molecule has 0 spiro atoms. The standard InChI is InChI=1S/C14H16F4O3/c1-9(2)21-11-5-3-4-10(6-11)12(19)7-20-8-14(17,18)13(15)16/h3-6,9,13H,7-8H2,1-2H3. The van der Waals surface area contributed by atoms with Gasteiger partial charge in [-0.25, -0.2) is 8.78 Å². The molecule has 0 N–H and O–H groups in total. The van der Waals surface area contributed by atoms with Crippen LogP contribution in [0, 0.1) is 0 Å². The molecule has 0 aliphatic heterocycles. The van der Waals surface area contributed by atoms with Gasteiger partial charge in [0.05, 0.1) is 6.10 Å². The van der Waals surface area contributed by atoms with Crippen molar-refractivity contribution in [1.82, 2.24) is 0 Å². The van der Waals surface area contributed by atoms with Gasteiger partial charge >= 0.3 is 12.3 Å². The third kappa shape index (κ3) is 5.71. The number of rotatable bonds is 8. The first-order chi connectivity index (χ1) is 9.72. The molecule has 1 aromatic rings. The second kappa shape index (κ2) is 7.40. The molecular weight excluding hydrogens is 292 g/mol. The van der Waals surface area contributed by atoms with Crippen molar-refractivity contribution in [2.75, 3.05) is 13.2 Å². The summed E-state index contributed by atoms with van der Waals surface area (Å²) in [6.45, 7) is 1.42. The Morgan fingerprint density at radius 1 is 1.29 bits per heavy atom. The molecule has 0 aliphatic rings. The van der Waals surface area contributed by atoms with E-state index in [2.05, 4.69) is 4.74 Å². The predicted molar refractivity (Wildman–Crippen MR) is 68.3 cm³/mol. The van der Waals surface area contributed by atoms with Gasteiger partial charge < -0.3 is 9.47 Å². The molecule has 1 aromatic carbocycles. The fourth-order valence-corrected chi connectivity index (χ4v) is 1.44. The van der Waals surface area contributed by atoms with Gasteiger partial charge in [-0.1, -0.05) is 12.1 Å². The molecule has 3 nitrogen and oxygen atoms in total. The van der Waals surface area contributed by atoms with E-state index in [9.17, 15) is 22.4 Å². The second-order valence-corrected chi connectivity index (χ2v) is 4.67. The van der Waals surface area contributed by atoms with E-state index in [1.807, 2.05) is 13.8 Å². The summed E-state index contributed by atoms with van der Waals surface area (Å²) in [5.41, 5.74) is 0.202. The summed E-state index contributed by atoms with van der Waals surface area (Å²) >= 11 is 0. The maximum atomic E-state index is 12.6. The lowest BCUT2D eigenvalue weighted by atomic mass is 10.1. The molecule has 0 fully saturated rings. The molecular formula is C14H16F4O3. The number of carbonyl (C=O) groups is 1. The van der Waals surface area contributed by atoms with E-state index in [1.165, 1.54) is 12.1 Å². The van der Waals surface area contributed by atoms with Crippen LogP contribution >= 0.6 is 0 Å². The summed E-state index contributed by atoms with van der Waals surface area (Å²) in [6, 6.07) is 6.11. The number of ketones is 1. The highest BCUT2D eigenvalue weighted by molar-refractivity contribution is 5.97. The fourth-order valence-electron chi connectivity index (χ4n) is 1.44. The van der Waals surface area contributed by atoms with Gasteiger partial charge in [0.1, 0.15) is 19.0 Å². The third-order valence-electron chi connectivity index (χ3n) is 2.37. The zero-order valence-corrected chi connectivity index (χ0v) is 11.6. The zero-order valence-electron chi connectivity index (χ0n) is 11.6. The molecule has 0 aromatic heterocycles.